The van der Waals surface area contributed by atoms with Crippen LogP contribution in [0.25, 0.3) is 22.2 Å². The highest BCUT2D eigenvalue weighted by Gasteiger charge is 2.12. The third-order valence-electron chi connectivity index (χ3n) is 3.81. The molecule has 0 aliphatic rings. The molecule has 4 nitrogen and oxygen atoms in total. The van der Waals surface area contributed by atoms with Gasteiger partial charge in [0.1, 0.15) is 17.1 Å². The van der Waals surface area contributed by atoms with Crippen LogP contribution in [-0.4, -0.2) is 20.5 Å². The van der Waals surface area contributed by atoms with Gasteiger partial charge in [-0.2, -0.15) is 5.10 Å². The maximum absolute atomic E-state index is 13.0. The molecule has 1 aromatic carbocycles. The molecule has 0 fully saturated rings. The van der Waals surface area contributed by atoms with Gasteiger partial charge in [-0.3, -0.25) is 14.5 Å². The fourth-order valence-corrected chi connectivity index (χ4v) is 2.29. The molecule has 22 heavy (non-hydrogen) atoms. The third-order valence-corrected chi connectivity index (χ3v) is 3.81. The Morgan fingerprint density at radius 1 is 1.23 bits per heavy atom. The van der Waals surface area contributed by atoms with Gasteiger partial charge in [0.25, 0.3) is 0 Å². The molecule has 0 bridgehead atoms. The summed E-state index contributed by atoms with van der Waals surface area (Å²) in [4.78, 5) is 15.8. The zero-order valence-electron chi connectivity index (χ0n) is 12.5. The van der Waals surface area contributed by atoms with E-state index in [1.807, 2.05) is 13.0 Å². The Kier molecular flexibility index (Phi) is 3.71. The van der Waals surface area contributed by atoms with Crippen LogP contribution in [0, 0.1) is 11.7 Å². The van der Waals surface area contributed by atoms with Crippen LogP contribution in [0.15, 0.2) is 42.7 Å². The van der Waals surface area contributed by atoms with Crippen LogP contribution in [-0.2, 0) is 11.3 Å². The first kappa shape index (κ1) is 14.4. The number of ketones is 1. The molecule has 2 heterocycles. The standard InChI is InChI=1S/C17H16FN3O/c1-11(12(2)22)10-21-17-7-14(8-19-16(17)9-20-21)13-3-5-15(18)6-4-13/h3-9,11H,10H2,1-2H3/t11-/m0/s1. The highest BCUT2D eigenvalue weighted by molar-refractivity contribution is 5.81. The molecule has 3 rings (SSSR count). The highest BCUT2D eigenvalue weighted by atomic mass is 19.1. The SMILES string of the molecule is CC(=O)[C@@H](C)Cn1ncc2ncc(-c3ccc(F)cc3)cc21. The second kappa shape index (κ2) is 5.67. The van der Waals surface area contributed by atoms with Gasteiger partial charge >= 0.3 is 0 Å². The van der Waals surface area contributed by atoms with Crippen molar-refractivity contribution in [2.75, 3.05) is 0 Å². The number of carbonyl (C=O) groups is 1. The molecule has 2 aromatic heterocycles. The molecule has 5 heteroatoms. The second-order valence-corrected chi connectivity index (χ2v) is 5.47. The predicted octanol–water partition coefficient (Wildman–Crippen LogP) is 3.46. The summed E-state index contributed by atoms with van der Waals surface area (Å²) >= 11 is 0. The molecule has 0 amide bonds. The van der Waals surface area contributed by atoms with Crippen molar-refractivity contribution in [3.63, 3.8) is 0 Å². The monoisotopic (exact) mass is 297 g/mol. The van der Waals surface area contributed by atoms with E-state index in [4.69, 9.17) is 0 Å². The number of hydrogen-bond donors (Lipinski definition) is 0. The first-order valence-electron chi connectivity index (χ1n) is 7.12. The summed E-state index contributed by atoms with van der Waals surface area (Å²) in [5.41, 5.74) is 3.43. The van der Waals surface area contributed by atoms with E-state index in [1.54, 1.807) is 36.1 Å². The van der Waals surface area contributed by atoms with Crippen molar-refractivity contribution in [3.8, 4) is 11.1 Å². The molecule has 0 saturated heterocycles. The van der Waals surface area contributed by atoms with Crippen LogP contribution < -0.4 is 0 Å². The number of carbonyl (C=O) groups excluding carboxylic acids is 1. The molecular formula is C17H16FN3O. The van der Waals surface area contributed by atoms with Gasteiger partial charge in [-0.05, 0) is 30.7 Å². The van der Waals surface area contributed by atoms with Crippen LogP contribution in [0.1, 0.15) is 13.8 Å². The molecule has 112 valence electrons. The van der Waals surface area contributed by atoms with Gasteiger partial charge in [0.2, 0.25) is 0 Å². The van der Waals surface area contributed by atoms with E-state index in [9.17, 15) is 9.18 Å². The molecule has 0 unspecified atom stereocenters. The Morgan fingerprint density at radius 2 is 1.95 bits per heavy atom. The zero-order chi connectivity index (χ0) is 15.7. The number of hydrogen-bond acceptors (Lipinski definition) is 3. The minimum Gasteiger partial charge on any atom is -0.300 e. The Hall–Kier alpha value is -2.56. The number of pyridine rings is 1. The molecule has 0 aliphatic carbocycles. The van der Waals surface area contributed by atoms with Crippen molar-refractivity contribution < 1.29 is 9.18 Å². The van der Waals surface area contributed by atoms with Gasteiger partial charge in [0, 0.05) is 17.7 Å². The fourth-order valence-electron chi connectivity index (χ4n) is 2.29. The lowest BCUT2D eigenvalue weighted by Crippen LogP contribution is -2.15. The average molecular weight is 297 g/mol. The van der Waals surface area contributed by atoms with Gasteiger partial charge in [-0.15, -0.1) is 0 Å². The number of fused-ring (bicyclic) bond motifs is 1. The van der Waals surface area contributed by atoms with Gasteiger partial charge in [0.15, 0.2) is 0 Å². The highest BCUT2D eigenvalue weighted by Crippen LogP contribution is 2.23. The summed E-state index contributed by atoms with van der Waals surface area (Å²) in [6, 6.07) is 8.26. The predicted molar refractivity (Wildman–Crippen MR) is 82.8 cm³/mol. The average Bonchev–Trinajstić information content (AvgIpc) is 2.90. The van der Waals surface area contributed by atoms with Crippen molar-refractivity contribution in [2.45, 2.75) is 20.4 Å². The van der Waals surface area contributed by atoms with Gasteiger partial charge in [-0.25, -0.2) is 4.39 Å². The first-order valence-corrected chi connectivity index (χ1v) is 7.12. The molecule has 0 spiro atoms. The number of Topliss-reactive ketones (excluding diaryl/α,β-unsaturated/α-hetero) is 1. The van der Waals surface area contributed by atoms with E-state index >= 15 is 0 Å². The third kappa shape index (κ3) is 2.74. The van der Waals surface area contributed by atoms with Crippen LogP contribution in [0.4, 0.5) is 4.39 Å². The number of aromatic nitrogens is 3. The second-order valence-electron chi connectivity index (χ2n) is 5.47. The van der Waals surface area contributed by atoms with E-state index in [-0.39, 0.29) is 17.5 Å². The smallest absolute Gasteiger partial charge is 0.134 e. The lowest BCUT2D eigenvalue weighted by atomic mass is 10.1. The van der Waals surface area contributed by atoms with E-state index in [1.165, 1.54) is 12.1 Å². The van der Waals surface area contributed by atoms with E-state index in [2.05, 4.69) is 10.1 Å². The van der Waals surface area contributed by atoms with Crippen molar-refractivity contribution in [3.05, 3.63) is 48.5 Å². The maximum atomic E-state index is 13.0. The molecule has 1 atom stereocenters. The molecule has 0 aliphatic heterocycles. The normalized spacial score (nSPS) is 12.5. The van der Waals surface area contributed by atoms with Crippen LogP contribution >= 0.6 is 0 Å². The van der Waals surface area contributed by atoms with E-state index < -0.39 is 0 Å². The van der Waals surface area contributed by atoms with Crippen LogP contribution in [0.5, 0.6) is 0 Å². The van der Waals surface area contributed by atoms with Crippen LogP contribution in [0.3, 0.4) is 0 Å². The van der Waals surface area contributed by atoms with Crippen molar-refractivity contribution in [1.29, 1.82) is 0 Å². The summed E-state index contributed by atoms with van der Waals surface area (Å²) in [6.45, 7) is 3.99. The number of halogens is 1. The lowest BCUT2D eigenvalue weighted by molar-refractivity contribution is -0.120. The molecular weight excluding hydrogens is 281 g/mol. The van der Waals surface area contributed by atoms with Crippen molar-refractivity contribution in [1.82, 2.24) is 14.8 Å². The molecule has 0 radical (unpaired) electrons. The first-order chi connectivity index (χ1) is 10.5. The fraction of sp³-hybridized carbons (Fsp3) is 0.235. The van der Waals surface area contributed by atoms with E-state index in [0.717, 1.165) is 22.2 Å². The molecule has 3 aromatic rings. The molecule has 0 saturated carbocycles. The van der Waals surface area contributed by atoms with Crippen LogP contribution in [0.2, 0.25) is 0 Å². The zero-order valence-corrected chi connectivity index (χ0v) is 12.5. The summed E-state index contributed by atoms with van der Waals surface area (Å²) < 4.78 is 14.8. The summed E-state index contributed by atoms with van der Waals surface area (Å²) in [5, 5.41) is 4.31. The van der Waals surface area contributed by atoms with Crippen molar-refractivity contribution in [2.24, 2.45) is 5.92 Å². The quantitative estimate of drug-likeness (QED) is 0.741. The van der Waals surface area contributed by atoms with Gasteiger partial charge < -0.3 is 0 Å². The number of benzene rings is 1. The molecule has 0 N–H and O–H groups in total. The Morgan fingerprint density at radius 3 is 2.64 bits per heavy atom. The van der Waals surface area contributed by atoms with Crippen molar-refractivity contribution >= 4 is 16.8 Å². The Balaban J connectivity index is 2.01. The van der Waals surface area contributed by atoms with E-state index in [0.29, 0.717) is 6.54 Å². The number of nitrogens with zero attached hydrogens (tertiary/aromatic N) is 3. The summed E-state index contributed by atoms with van der Waals surface area (Å²) in [6.07, 6.45) is 3.44. The maximum Gasteiger partial charge on any atom is 0.134 e. The summed E-state index contributed by atoms with van der Waals surface area (Å²) in [5.74, 6) is -0.234. The number of rotatable bonds is 4. The van der Waals surface area contributed by atoms with Gasteiger partial charge in [-0.1, -0.05) is 19.1 Å². The topological polar surface area (TPSA) is 47.8 Å². The summed E-state index contributed by atoms with van der Waals surface area (Å²) in [7, 11) is 0. The Labute approximate surface area is 127 Å². The van der Waals surface area contributed by atoms with Gasteiger partial charge in [0.05, 0.1) is 18.3 Å². The Bertz CT molecular complexity index is 824. The minimum atomic E-state index is -0.266. The minimum absolute atomic E-state index is 0.0995. The lowest BCUT2D eigenvalue weighted by Gasteiger charge is -2.09. The largest absolute Gasteiger partial charge is 0.300 e.